The zero-order valence-corrected chi connectivity index (χ0v) is 38.7. The number of nitrogens with one attached hydrogen (secondary N) is 4. The number of hydrogen-bond donors (Lipinski definition) is 5. The lowest BCUT2D eigenvalue weighted by Crippen LogP contribution is -2.36. The van der Waals surface area contributed by atoms with Gasteiger partial charge < -0.3 is 45.3 Å². The Labute approximate surface area is 411 Å². The minimum Gasteiger partial charge on any atom is -0.394 e. The Bertz CT molecular complexity index is 2960. The Balaban J connectivity index is 0.000000272. The molecular formula is C45H45F3N14O11. The number of aliphatic hydroxyl groups excluding tert-OH is 1. The predicted octanol–water partition coefficient (Wildman–Crippen LogP) is 3.79. The molecule has 5 N–H and O–H groups in total. The number of aliphatic hydroxyl groups is 1. The van der Waals surface area contributed by atoms with Crippen LogP contribution in [0.15, 0.2) is 92.9 Å². The van der Waals surface area contributed by atoms with Crippen LogP contribution in [0.2, 0.25) is 0 Å². The van der Waals surface area contributed by atoms with Crippen molar-refractivity contribution in [2.75, 3.05) is 43.8 Å². The lowest BCUT2D eigenvalue weighted by Gasteiger charge is -2.16. The molecule has 25 nitrogen and oxygen atoms in total. The third-order valence-corrected chi connectivity index (χ3v) is 10.3. The maximum absolute atomic E-state index is 12.9. The van der Waals surface area contributed by atoms with Gasteiger partial charge in [-0.2, -0.15) is 23.1 Å². The van der Waals surface area contributed by atoms with Crippen LogP contribution in [-0.2, 0) is 28.5 Å². The van der Waals surface area contributed by atoms with Gasteiger partial charge in [-0.15, -0.1) is 0 Å². The molecule has 382 valence electrons. The first-order valence-electron chi connectivity index (χ1n) is 21.8. The number of benzene rings is 2. The molecule has 0 radical (unpaired) electrons. The highest BCUT2D eigenvalue weighted by molar-refractivity contribution is 6.05. The largest absolute Gasteiger partial charge is 0.471 e. The molecule has 2 saturated heterocycles. The number of carbonyl (C=O) groups is 4. The number of nitrogens with zero attached hydrogens (tertiary/aromatic N) is 10. The number of amides is 4. The van der Waals surface area contributed by atoms with Gasteiger partial charge in [-0.1, -0.05) is 77.2 Å². The fourth-order valence-corrected chi connectivity index (χ4v) is 6.86. The highest BCUT2D eigenvalue weighted by atomic mass is 19.4. The summed E-state index contributed by atoms with van der Waals surface area (Å²) in [6.07, 6.45) is -5.55. The van der Waals surface area contributed by atoms with Crippen molar-refractivity contribution >= 4 is 35.3 Å². The van der Waals surface area contributed by atoms with Gasteiger partial charge in [0.25, 0.3) is 11.8 Å². The first-order valence-corrected chi connectivity index (χ1v) is 21.8. The molecule has 2 aliphatic rings. The van der Waals surface area contributed by atoms with Crippen LogP contribution in [-0.4, -0.2) is 112 Å². The SMILES string of the molecule is CC(=O)NCC#Cc1cn(C2CC(OCN=[N+]=[N-])C(CO)O2)c(=O)nc1NC(=O)c1ccccc1.CCC1OC(n2cc(C#CCNC(=O)C(F)(F)F)c(NC(=O)c3ccccc3)nc2=O)CC1OCN=[N+]=[N-]. The summed E-state index contributed by atoms with van der Waals surface area (Å²) in [5, 5.41) is 25.5. The molecule has 0 saturated carbocycles. The van der Waals surface area contributed by atoms with Gasteiger partial charge in [-0.05, 0) is 41.7 Å². The fourth-order valence-electron chi connectivity index (χ4n) is 6.86. The summed E-state index contributed by atoms with van der Waals surface area (Å²) < 4.78 is 62.2. The Morgan fingerprint density at radius 3 is 1.62 bits per heavy atom. The standard InChI is InChI=1S/C23H22F3N7O5.C22H23N7O6/c1-2-16-17(37-13-29-32-27)11-18(38-16)33-12-15(9-6-10-28-21(35)23(24,25)26)19(31-22(33)36)30-20(34)14-7-4-3-5-8-14;1-14(31)24-9-5-8-16-11-29(19-10-17(18(12-30)35-19)34-13-25-28-23)22(33)27-20(16)26-21(32)15-6-3-2-4-7-15/h3-5,7-8,12,16-18H,2,10-11,13H2,1H3,(H,28,35)(H,30,31,34,36);2-4,6-7,11,17-19,30H,9-10,12-13H2,1H3,(H,24,31)(H,26,27,32,33). The van der Waals surface area contributed by atoms with E-state index >= 15 is 0 Å². The number of anilines is 2. The summed E-state index contributed by atoms with van der Waals surface area (Å²) in [5.74, 6) is 6.66. The van der Waals surface area contributed by atoms with Crippen molar-refractivity contribution in [3.63, 3.8) is 0 Å². The van der Waals surface area contributed by atoms with E-state index in [-0.39, 0.29) is 73.7 Å². The smallest absolute Gasteiger partial charge is 0.394 e. The lowest BCUT2D eigenvalue weighted by molar-refractivity contribution is -0.173. The number of ether oxygens (including phenoxy) is 4. The second kappa shape index (κ2) is 27.1. The number of aromatic nitrogens is 4. The van der Waals surface area contributed by atoms with Crippen LogP contribution in [0.5, 0.6) is 0 Å². The Morgan fingerprint density at radius 2 is 1.21 bits per heavy atom. The van der Waals surface area contributed by atoms with Crippen molar-refractivity contribution < 1.29 is 56.4 Å². The molecule has 6 atom stereocenters. The molecule has 2 aliphatic heterocycles. The Morgan fingerprint density at radius 1 is 0.767 bits per heavy atom. The summed E-state index contributed by atoms with van der Waals surface area (Å²) in [6, 6.07) is 16.4. The second-order valence-corrected chi connectivity index (χ2v) is 15.2. The van der Waals surface area contributed by atoms with Crippen LogP contribution >= 0.6 is 0 Å². The van der Waals surface area contributed by atoms with Gasteiger partial charge in [0.15, 0.2) is 11.6 Å². The van der Waals surface area contributed by atoms with Crippen molar-refractivity contribution in [1.82, 2.24) is 29.7 Å². The summed E-state index contributed by atoms with van der Waals surface area (Å²) in [4.78, 5) is 86.2. The van der Waals surface area contributed by atoms with E-state index in [0.29, 0.717) is 12.0 Å². The molecular weight excluding hydrogens is 970 g/mol. The number of azide groups is 2. The Hall–Kier alpha value is -8.59. The van der Waals surface area contributed by atoms with E-state index in [1.807, 2.05) is 6.92 Å². The van der Waals surface area contributed by atoms with E-state index in [1.54, 1.807) is 53.8 Å². The summed E-state index contributed by atoms with van der Waals surface area (Å²) >= 11 is 0. The van der Waals surface area contributed by atoms with Crippen molar-refractivity contribution in [2.24, 2.45) is 10.2 Å². The van der Waals surface area contributed by atoms with Crippen LogP contribution in [0.3, 0.4) is 0 Å². The molecule has 0 aliphatic carbocycles. The predicted molar refractivity (Wildman–Crippen MR) is 249 cm³/mol. The summed E-state index contributed by atoms with van der Waals surface area (Å²) in [7, 11) is 0. The maximum Gasteiger partial charge on any atom is 0.471 e. The van der Waals surface area contributed by atoms with Gasteiger partial charge >= 0.3 is 23.5 Å². The normalized spacial score (nSPS) is 18.6. The molecule has 2 aromatic carbocycles. The van der Waals surface area contributed by atoms with E-state index in [2.05, 4.69) is 69.7 Å². The van der Waals surface area contributed by atoms with Crippen molar-refractivity contribution in [1.29, 1.82) is 0 Å². The molecule has 6 unspecified atom stereocenters. The molecule has 2 aromatic heterocycles. The molecule has 28 heteroatoms. The number of alkyl halides is 3. The van der Waals surface area contributed by atoms with E-state index in [4.69, 9.17) is 30.0 Å². The minimum absolute atomic E-state index is 0.00904. The highest BCUT2D eigenvalue weighted by Crippen LogP contribution is 2.33. The van der Waals surface area contributed by atoms with Crippen molar-refractivity contribution in [2.45, 2.75) is 76.2 Å². The number of carbonyl (C=O) groups excluding carboxylic acids is 4. The average Bonchev–Trinajstić information content (AvgIpc) is 3.99. The Kier molecular flexibility index (Phi) is 20.6. The van der Waals surface area contributed by atoms with Gasteiger partial charge in [0, 0.05) is 53.1 Å². The van der Waals surface area contributed by atoms with Crippen LogP contribution in [0.1, 0.15) is 77.4 Å². The fraction of sp³-hybridized carbons (Fsp3) is 0.378. The first-order chi connectivity index (χ1) is 35.1. The summed E-state index contributed by atoms with van der Waals surface area (Å²) in [6.45, 7) is 1.71. The molecule has 0 bridgehead atoms. The topological polar surface area (TPSA) is 341 Å². The molecule has 4 amide bonds. The number of halogens is 3. The monoisotopic (exact) mass is 1010 g/mol. The summed E-state index contributed by atoms with van der Waals surface area (Å²) in [5.41, 5.74) is 16.2. The zero-order valence-electron chi connectivity index (χ0n) is 38.7. The van der Waals surface area contributed by atoms with Crippen molar-refractivity contribution in [3.05, 3.63) is 137 Å². The quantitative estimate of drug-likeness (QED) is 0.0462. The number of rotatable bonds is 16. The third-order valence-electron chi connectivity index (χ3n) is 10.3. The molecule has 6 rings (SSSR count). The van der Waals surface area contributed by atoms with Gasteiger partial charge in [-0.25, -0.2) is 9.59 Å². The highest BCUT2D eigenvalue weighted by Gasteiger charge is 2.39. The van der Waals surface area contributed by atoms with Crippen LogP contribution < -0.4 is 32.6 Å². The van der Waals surface area contributed by atoms with Gasteiger partial charge in [-0.3, -0.25) is 28.3 Å². The third kappa shape index (κ3) is 16.2. The maximum atomic E-state index is 12.9. The van der Waals surface area contributed by atoms with E-state index < -0.39 is 78.7 Å². The molecule has 4 heterocycles. The van der Waals surface area contributed by atoms with Gasteiger partial charge in [0.2, 0.25) is 5.91 Å². The van der Waals surface area contributed by atoms with Crippen molar-refractivity contribution in [3.8, 4) is 23.7 Å². The van der Waals surface area contributed by atoms with Gasteiger partial charge in [0.1, 0.15) is 32.0 Å². The zero-order chi connectivity index (χ0) is 52.9. The minimum atomic E-state index is -5.07. The number of hydrogen-bond acceptors (Lipinski definition) is 15. The van der Waals surface area contributed by atoms with E-state index in [9.17, 15) is 47.0 Å². The first kappa shape index (κ1) is 55.3. The van der Waals surface area contributed by atoms with Gasteiger partial charge in [0.05, 0.1) is 49.1 Å². The lowest BCUT2D eigenvalue weighted by atomic mass is 10.1. The van der Waals surface area contributed by atoms with Crippen LogP contribution in [0.4, 0.5) is 24.8 Å². The van der Waals surface area contributed by atoms with E-state index in [0.717, 1.165) is 4.57 Å². The molecule has 4 aromatic rings. The average molecular weight is 1010 g/mol. The molecule has 0 spiro atoms. The van der Waals surface area contributed by atoms with Crippen LogP contribution in [0.25, 0.3) is 20.9 Å². The van der Waals surface area contributed by atoms with Crippen LogP contribution in [0, 0.1) is 23.7 Å². The second-order valence-electron chi connectivity index (χ2n) is 15.2. The molecule has 73 heavy (non-hydrogen) atoms. The molecule has 2 fully saturated rings. The van der Waals surface area contributed by atoms with E-state index in [1.165, 1.54) is 36.0 Å².